The Bertz CT molecular complexity index is 2070. The molecule has 0 atom stereocenters. The van der Waals surface area contributed by atoms with E-state index in [9.17, 15) is 0 Å². The number of rotatable bonds is 10. The van der Waals surface area contributed by atoms with Crippen LogP contribution in [0.15, 0.2) is 84.9 Å². The predicted octanol–water partition coefficient (Wildman–Crippen LogP) is 14.1. The monoisotopic (exact) mass is 654 g/mol. The summed E-state index contributed by atoms with van der Waals surface area (Å²) in [6.45, 7) is 18.8. The first-order chi connectivity index (χ1) is 24.5. The van der Waals surface area contributed by atoms with Gasteiger partial charge in [0.25, 0.3) is 0 Å². The van der Waals surface area contributed by atoms with Crippen LogP contribution in [0.5, 0.6) is 0 Å². The highest BCUT2D eigenvalue weighted by Gasteiger charge is 2.24. The van der Waals surface area contributed by atoms with E-state index in [2.05, 4.69) is 140 Å². The molecule has 0 aliphatic carbocycles. The fourth-order valence-corrected chi connectivity index (χ4v) is 9.85. The van der Waals surface area contributed by atoms with Crippen molar-refractivity contribution in [2.24, 2.45) is 0 Å². The van der Waals surface area contributed by atoms with Crippen LogP contribution in [0.4, 0.5) is 0 Å². The first-order valence-electron chi connectivity index (χ1n) is 19.6. The lowest BCUT2D eigenvalue weighted by Gasteiger charge is -2.25. The second kappa shape index (κ2) is 14.1. The van der Waals surface area contributed by atoms with E-state index in [0.29, 0.717) is 0 Å². The average molecular weight is 655 g/mol. The Balaban J connectivity index is 1.83. The van der Waals surface area contributed by atoms with Crippen LogP contribution in [0.3, 0.4) is 0 Å². The number of hydrogen-bond donors (Lipinski definition) is 0. The summed E-state index contributed by atoms with van der Waals surface area (Å²) >= 11 is 0. The van der Waals surface area contributed by atoms with Crippen LogP contribution in [-0.4, -0.2) is 0 Å². The zero-order chi connectivity index (χ0) is 35.1. The van der Waals surface area contributed by atoms with Crippen LogP contribution in [0.2, 0.25) is 0 Å². The maximum atomic E-state index is 2.61. The fraction of sp³-hybridized carbons (Fsp3) is 0.320. The lowest BCUT2D eigenvalue weighted by molar-refractivity contribution is 0.961. The summed E-state index contributed by atoms with van der Waals surface area (Å²) < 4.78 is 0. The summed E-state index contributed by atoms with van der Waals surface area (Å²) in [6.07, 6.45) is 8.51. The largest absolute Gasteiger partial charge is 0.0622 e. The van der Waals surface area contributed by atoms with Gasteiger partial charge in [-0.1, -0.05) is 116 Å². The number of benzene rings is 7. The van der Waals surface area contributed by atoms with Crippen LogP contribution in [0.25, 0.3) is 65.3 Å². The third kappa shape index (κ3) is 5.17. The van der Waals surface area contributed by atoms with Crippen molar-refractivity contribution in [1.82, 2.24) is 0 Å². The topological polar surface area (TPSA) is 0 Å². The number of fused-ring (bicyclic) bond motifs is 4. The van der Waals surface area contributed by atoms with E-state index in [0.717, 1.165) is 51.4 Å². The Labute approximate surface area is 300 Å². The Morgan fingerprint density at radius 2 is 0.480 bits per heavy atom. The second-order valence-electron chi connectivity index (χ2n) is 14.0. The minimum absolute atomic E-state index is 1.05. The van der Waals surface area contributed by atoms with Gasteiger partial charge in [0, 0.05) is 0 Å². The molecule has 0 amide bonds. The molecule has 0 aromatic heterocycles. The molecule has 0 nitrogen and oxygen atoms in total. The summed E-state index contributed by atoms with van der Waals surface area (Å²) in [5, 5.41) is 11.3. The lowest BCUT2D eigenvalue weighted by Crippen LogP contribution is -2.06. The first kappa shape index (κ1) is 34.0. The molecule has 0 heteroatoms. The minimum Gasteiger partial charge on any atom is -0.0622 e. The molecular formula is C50H54. The third-order valence-corrected chi connectivity index (χ3v) is 11.8. The minimum atomic E-state index is 1.05. The van der Waals surface area contributed by atoms with Gasteiger partial charge in [-0.15, -0.1) is 0 Å². The third-order valence-electron chi connectivity index (χ3n) is 11.8. The van der Waals surface area contributed by atoms with Gasteiger partial charge in [0.2, 0.25) is 0 Å². The Morgan fingerprint density at radius 3 is 0.680 bits per heavy atom. The van der Waals surface area contributed by atoms with Crippen molar-refractivity contribution in [2.45, 2.75) is 107 Å². The lowest BCUT2D eigenvalue weighted by atomic mass is 9.79. The van der Waals surface area contributed by atoms with Crippen molar-refractivity contribution in [3.63, 3.8) is 0 Å². The second-order valence-corrected chi connectivity index (χ2v) is 14.0. The highest BCUT2D eigenvalue weighted by molar-refractivity contribution is 6.26. The van der Waals surface area contributed by atoms with Crippen molar-refractivity contribution >= 4 is 43.1 Å². The van der Waals surface area contributed by atoms with E-state index in [-0.39, 0.29) is 0 Å². The molecule has 0 radical (unpaired) electrons. The Kier molecular flexibility index (Phi) is 9.58. The summed E-state index contributed by atoms with van der Waals surface area (Å²) in [7, 11) is 0. The Morgan fingerprint density at radius 1 is 0.260 bits per heavy atom. The normalized spacial score (nSPS) is 11.8. The fourth-order valence-electron chi connectivity index (χ4n) is 9.85. The van der Waals surface area contributed by atoms with Crippen molar-refractivity contribution < 1.29 is 0 Å². The van der Waals surface area contributed by atoms with Gasteiger partial charge >= 0.3 is 0 Å². The Hall–Kier alpha value is -4.42. The molecular weight excluding hydrogens is 601 g/mol. The van der Waals surface area contributed by atoms with Crippen molar-refractivity contribution in [2.75, 3.05) is 0 Å². The quantitative estimate of drug-likeness (QED) is 0.129. The molecule has 0 N–H and O–H groups in total. The number of hydrogen-bond acceptors (Lipinski definition) is 0. The van der Waals surface area contributed by atoms with E-state index in [4.69, 9.17) is 0 Å². The standard InChI is InChI=1S/C50H54/c1-9-33-34(10-2)38(14-6)42-28-46-45(27-41(42)37(33)13-5)49(31-23-19-17-20-24-31)47-29-43-39(15-7)35(11-3)36(12-4)40(16-8)44(43)30-48(47)50(46)32-25-21-18-22-26-32/h17-30H,9-16H2,1-8H3. The highest BCUT2D eigenvalue weighted by atomic mass is 14.3. The van der Waals surface area contributed by atoms with E-state index in [1.54, 1.807) is 22.3 Å². The molecule has 0 fully saturated rings. The highest BCUT2D eigenvalue weighted by Crippen LogP contribution is 2.48. The zero-order valence-corrected chi connectivity index (χ0v) is 31.7. The van der Waals surface area contributed by atoms with Gasteiger partial charge < -0.3 is 0 Å². The van der Waals surface area contributed by atoms with Gasteiger partial charge in [-0.25, -0.2) is 0 Å². The van der Waals surface area contributed by atoms with Gasteiger partial charge in [-0.2, -0.15) is 0 Å². The molecule has 0 spiro atoms. The molecule has 50 heavy (non-hydrogen) atoms. The van der Waals surface area contributed by atoms with Crippen LogP contribution >= 0.6 is 0 Å². The van der Waals surface area contributed by atoms with E-state index >= 15 is 0 Å². The maximum absolute atomic E-state index is 2.61. The molecule has 0 aliphatic heterocycles. The molecule has 0 saturated heterocycles. The van der Waals surface area contributed by atoms with Crippen molar-refractivity contribution in [1.29, 1.82) is 0 Å². The molecule has 7 aromatic rings. The van der Waals surface area contributed by atoms with Gasteiger partial charge in [-0.05, 0) is 185 Å². The van der Waals surface area contributed by atoms with E-state index < -0.39 is 0 Å². The smallest absolute Gasteiger partial charge is 0.00259 e. The van der Waals surface area contributed by atoms with Gasteiger partial charge in [-0.3, -0.25) is 0 Å². The molecule has 0 unspecified atom stereocenters. The van der Waals surface area contributed by atoms with Gasteiger partial charge in [0.1, 0.15) is 0 Å². The van der Waals surface area contributed by atoms with Gasteiger partial charge in [0.15, 0.2) is 0 Å². The molecule has 0 bridgehead atoms. The molecule has 254 valence electrons. The predicted molar refractivity (Wildman–Crippen MR) is 222 cm³/mol. The van der Waals surface area contributed by atoms with Crippen LogP contribution in [0.1, 0.15) is 99.9 Å². The number of aryl methyl sites for hydroxylation is 4. The summed E-state index contributed by atoms with van der Waals surface area (Å²) in [4.78, 5) is 0. The van der Waals surface area contributed by atoms with Crippen LogP contribution in [0, 0.1) is 0 Å². The first-order valence-corrected chi connectivity index (χ1v) is 19.6. The molecule has 0 saturated carbocycles. The van der Waals surface area contributed by atoms with Crippen molar-refractivity contribution in [3.8, 4) is 22.3 Å². The summed E-state index contributed by atoms with van der Waals surface area (Å²) in [6, 6.07) is 32.9. The average Bonchev–Trinajstić information content (AvgIpc) is 3.17. The van der Waals surface area contributed by atoms with E-state index in [1.165, 1.54) is 87.6 Å². The molecule has 7 rings (SSSR count). The molecule has 0 aliphatic rings. The van der Waals surface area contributed by atoms with Crippen LogP contribution < -0.4 is 0 Å². The van der Waals surface area contributed by atoms with Crippen LogP contribution in [-0.2, 0) is 51.4 Å². The maximum Gasteiger partial charge on any atom is -0.00259 e. The molecule has 0 heterocycles. The summed E-state index contributed by atoms with van der Waals surface area (Å²) in [5.74, 6) is 0. The van der Waals surface area contributed by atoms with Crippen molar-refractivity contribution in [3.05, 3.63) is 129 Å². The zero-order valence-electron chi connectivity index (χ0n) is 31.7. The molecule has 7 aromatic carbocycles. The van der Waals surface area contributed by atoms with Gasteiger partial charge in [0.05, 0.1) is 0 Å². The SMILES string of the molecule is CCc1c(CC)c(CC)c2cc3c(-c4ccccc4)c4cc5c(CC)c(CC)c(CC)c(CC)c5cc4c(-c4ccccc4)c3cc2c1CC. The summed E-state index contributed by atoms with van der Waals surface area (Å²) in [5.41, 5.74) is 17.8. The van der Waals surface area contributed by atoms with E-state index in [1.807, 2.05) is 0 Å².